The van der Waals surface area contributed by atoms with Crippen LogP contribution in [-0.4, -0.2) is 67.9 Å². The monoisotopic (exact) mass is 705 g/mol. The van der Waals surface area contributed by atoms with Crippen molar-refractivity contribution in [2.75, 3.05) is 63.8 Å². The number of thioether (sulfide) groups is 1. The average Bonchev–Trinajstić information content (AvgIpc) is 3.79. The molecule has 1 aliphatic carbocycles. The highest BCUT2D eigenvalue weighted by Crippen LogP contribution is 2.46. The van der Waals surface area contributed by atoms with Crippen LogP contribution in [0.2, 0.25) is 0 Å². The molecule has 0 saturated heterocycles. The van der Waals surface area contributed by atoms with Gasteiger partial charge in [0.1, 0.15) is 4.70 Å². The minimum absolute atomic E-state index is 0.926. The van der Waals surface area contributed by atoms with Crippen LogP contribution in [0.15, 0.2) is 92.9 Å². The lowest BCUT2D eigenvalue weighted by Gasteiger charge is -2.36. The van der Waals surface area contributed by atoms with Crippen molar-refractivity contribution in [1.29, 1.82) is 0 Å². The summed E-state index contributed by atoms with van der Waals surface area (Å²) in [6.45, 7) is 25.8. The van der Waals surface area contributed by atoms with Gasteiger partial charge in [0.2, 0.25) is 5.52 Å². The normalized spacial score (nSPS) is 17.3. The molecule has 0 spiro atoms. The second kappa shape index (κ2) is 17.0. The molecule has 3 aromatic rings. The van der Waals surface area contributed by atoms with Crippen LogP contribution in [0.5, 0.6) is 0 Å². The lowest BCUT2D eigenvalue weighted by Crippen LogP contribution is -2.49. The minimum Gasteiger partial charge on any atom is -0.335 e. The average molecular weight is 707 g/mol. The zero-order valence-corrected chi connectivity index (χ0v) is 32.7. The van der Waals surface area contributed by atoms with Crippen LogP contribution in [0.4, 0.5) is 5.69 Å². The van der Waals surface area contributed by atoms with E-state index in [1.165, 1.54) is 116 Å². The van der Waals surface area contributed by atoms with E-state index in [4.69, 9.17) is 11.6 Å². The third-order valence-corrected chi connectivity index (χ3v) is 14.2. The van der Waals surface area contributed by atoms with Gasteiger partial charge in [-0.25, -0.2) is 0 Å². The highest BCUT2D eigenvalue weighted by atomic mass is 35.5. The SMILES string of the molecule is CC[N+](CC)(CC)CCCN1/C(=C/C=C2/CCC(/C=C/c3sc4ccccc4[n+]3CCC[N+](CC)(CC)CC)=C2Cl)Sc2ccccc21. The van der Waals surface area contributed by atoms with Crippen molar-refractivity contribution in [3.05, 3.63) is 93.0 Å². The van der Waals surface area contributed by atoms with Gasteiger partial charge in [-0.15, -0.1) is 0 Å². The number of hydrogen-bond acceptors (Lipinski definition) is 3. The van der Waals surface area contributed by atoms with Gasteiger partial charge in [0.05, 0.1) is 69.5 Å². The standard InChI is InChI=1S/C41H58ClN4S2/c1-7-45(8-2,9-3)31-17-29-43-35-19-13-15-21-37(35)47-39(43)27-25-33-23-24-34(41(33)42)26-28-40-44(36-20-14-16-22-38(36)48-40)30-18-32-46(10-4,11-5)12-6/h13-16,19-22,25-28H,7-12,17-18,23-24,29-32H2,1-6H3/q+3. The summed E-state index contributed by atoms with van der Waals surface area (Å²) in [5.41, 5.74) is 5.17. The topological polar surface area (TPSA) is 7.12 Å². The molecular formula is C41H58ClN4S2+3. The van der Waals surface area contributed by atoms with Gasteiger partial charge >= 0.3 is 0 Å². The number of rotatable bonds is 17. The highest BCUT2D eigenvalue weighted by Gasteiger charge is 2.27. The molecule has 4 nitrogen and oxygen atoms in total. The Morgan fingerprint density at radius 1 is 0.771 bits per heavy atom. The van der Waals surface area contributed by atoms with Crippen LogP contribution < -0.4 is 9.47 Å². The second-order valence-electron chi connectivity index (χ2n) is 13.4. The first-order valence-electron chi connectivity index (χ1n) is 18.5. The number of aromatic nitrogens is 1. The van der Waals surface area contributed by atoms with Crippen LogP contribution in [0.1, 0.15) is 72.2 Å². The molecular weight excluding hydrogens is 648 g/mol. The summed E-state index contributed by atoms with van der Waals surface area (Å²) in [4.78, 5) is 3.88. The highest BCUT2D eigenvalue weighted by molar-refractivity contribution is 8.03. The molecule has 0 radical (unpaired) electrons. The zero-order chi connectivity index (χ0) is 34.1. The molecule has 1 aromatic heterocycles. The summed E-state index contributed by atoms with van der Waals surface area (Å²) < 4.78 is 6.27. The van der Waals surface area contributed by atoms with Gasteiger partial charge in [0.15, 0.2) is 6.54 Å². The van der Waals surface area contributed by atoms with E-state index in [-0.39, 0.29) is 0 Å². The van der Waals surface area contributed by atoms with Crippen LogP contribution in [0.3, 0.4) is 0 Å². The van der Waals surface area contributed by atoms with Crippen LogP contribution in [-0.2, 0) is 6.54 Å². The van der Waals surface area contributed by atoms with E-state index in [2.05, 4.69) is 124 Å². The van der Waals surface area contributed by atoms with Crippen LogP contribution in [0, 0.1) is 0 Å². The fraction of sp³-hybridized carbons (Fsp3) is 0.488. The predicted octanol–water partition coefficient (Wildman–Crippen LogP) is 10.4. The lowest BCUT2D eigenvalue weighted by molar-refractivity contribution is -0.925. The van der Waals surface area contributed by atoms with E-state index >= 15 is 0 Å². The molecule has 2 aromatic carbocycles. The van der Waals surface area contributed by atoms with Gasteiger partial charge in [-0.2, -0.15) is 4.57 Å². The molecule has 2 heterocycles. The van der Waals surface area contributed by atoms with E-state index in [1.807, 2.05) is 23.1 Å². The number of allylic oxidation sites excluding steroid dienone is 6. The van der Waals surface area contributed by atoms with Crippen molar-refractivity contribution in [3.8, 4) is 0 Å². The van der Waals surface area contributed by atoms with Crippen molar-refractivity contribution in [3.63, 3.8) is 0 Å². The van der Waals surface area contributed by atoms with Crippen molar-refractivity contribution < 1.29 is 13.5 Å². The number of hydrogen-bond donors (Lipinski definition) is 0. The molecule has 0 unspecified atom stereocenters. The Bertz CT molecular complexity index is 1640. The summed E-state index contributed by atoms with van der Waals surface area (Å²) in [5, 5.41) is 3.54. The molecule has 0 atom stereocenters. The first-order chi connectivity index (χ1) is 23.3. The number of halogens is 1. The summed E-state index contributed by atoms with van der Waals surface area (Å²) in [6, 6.07) is 17.7. The van der Waals surface area contributed by atoms with Gasteiger partial charge in [0.25, 0.3) is 5.01 Å². The lowest BCUT2D eigenvalue weighted by atomic mass is 10.2. The molecule has 7 heteroatoms. The third-order valence-electron chi connectivity index (χ3n) is 11.4. The summed E-state index contributed by atoms with van der Waals surface area (Å²) in [7, 11) is 0. The van der Waals surface area contributed by atoms with Gasteiger partial charge in [-0.1, -0.05) is 71.1 Å². The van der Waals surface area contributed by atoms with Crippen LogP contribution in [0.25, 0.3) is 16.3 Å². The Morgan fingerprint density at radius 2 is 1.42 bits per heavy atom. The fourth-order valence-electron chi connectivity index (χ4n) is 7.59. The molecule has 48 heavy (non-hydrogen) atoms. The van der Waals surface area contributed by atoms with E-state index in [9.17, 15) is 0 Å². The molecule has 0 bridgehead atoms. The summed E-state index contributed by atoms with van der Waals surface area (Å²) in [5.74, 6) is 0. The molecule has 5 rings (SSSR count). The van der Waals surface area contributed by atoms with Crippen molar-refractivity contribution >= 4 is 56.7 Å². The Balaban J connectivity index is 1.33. The maximum atomic E-state index is 7.11. The maximum Gasteiger partial charge on any atom is 0.262 e. The Labute approximate surface area is 304 Å². The van der Waals surface area contributed by atoms with Gasteiger partial charge < -0.3 is 13.9 Å². The quantitative estimate of drug-likeness (QED) is 0.102. The predicted molar refractivity (Wildman–Crippen MR) is 212 cm³/mol. The van der Waals surface area contributed by atoms with Crippen molar-refractivity contribution in [2.24, 2.45) is 0 Å². The molecule has 2 aliphatic rings. The number of nitrogens with zero attached hydrogens (tertiary/aromatic N) is 4. The summed E-state index contributed by atoms with van der Waals surface area (Å²) in [6.07, 6.45) is 13.5. The Hall–Kier alpha value is -2.35. The number of anilines is 1. The number of para-hydroxylation sites is 2. The number of benzene rings is 2. The van der Waals surface area contributed by atoms with Gasteiger partial charge in [-0.3, -0.25) is 0 Å². The Kier molecular flexibility index (Phi) is 13.1. The van der Waals surface area contributed by atoms with Gasteiger partial charge in [0, 0.05) is 35.0 Å². The first-order valence-corrected chi connectivity index (χ1v) is 20.5. The first kappa shape index (κ1) is 36.9. The number of thiazole rings is 1. The fourth-order valence-corrected chi connectivity index (χ4v) is 10.1. The van der Waals surface area contributed by atoms with Crippen molar-refractivity contribution in [1.82, 2.24) is 0 Å². The summed E-state index contributed by atoms with van der Waals surface area (Å²) >= 11 is 10.9. The largest absolute Gasteiger partial charge is 0.335 e. The molecule has 0 saturated carbocycles. The van der Waals surface area contributed by atoms with E-state index in [1.54, 1.807) is 0 Å². The molecule has 0 N–H and O–H groups in total. The number of quaternary nitrogens is 2. The van der Waals surface area contributed by atoms with Crippen molar-refractivity contribution in [2.45, 2.75) is 78.7 Å². The number of aryl methyl sites for hydroxylation is 1. The van der Waals surface area contributed by atoms with E-state index in [0.29, 0.717) is 0 Å². The molecule has 1 aliphatic heterocycles. The molecule has 0 fully saturated rings. The van der Waals surface area contributed by atoms with Gasteiger partial charge in [-0.05, 0) is 89.8 Å². The molecule has 0 amide bonds. The second-order valence-corrected chi connectivity index (χ2v) is 15.9. The smallest absolute Gasteiger partial charge is 0.262 e. The third kappa shape index (κ3) is 8.16. The number of fused-ring (bicyclic) bond motifs is 2. The van der Waals surface area contributed by atoms with E-state index < -0.39 is 0 Å². The maximum absolute atomic E-state index is 7.11. The van der Waals surface area contributed by atoms with Crippen LogP contribution >= 0.6 is 34.7 Å². The zero-order valence-electron chi connectivity index (χ0n) is 30.3. The van der Waals surface area contributed by atoms with E-state index in [0.717, 1.165) is 31.0 Å². The minimum atomic E-state index is 0.926. The molecule has 258 valence electrons. The Morgan fingerprint density at radius 3 is 2.12 bits per heavy atom.